The SMILES string of the molecule is C[Si]1(C)C/C=C\CCC(COCc2ccccc2)O1. The second-order valence-electron chi connectivity index (χ2n) is 5.75. The van der Waals surface area contributed by atoms with Gasteiger partial charge in [-0.25, -0.2) is 0 Å². The van der Waals surface area contributed by atoms with Crippen molar-refractivity contribution in [3.05, 3.63) is 48.0 Å². The zero-order valence-electron chi connectivity index (χ0n) is 12.0. The molecule has 0 saturated carbocycles. The van der Waals surface area contributed by atoms with Gasteiger partial charge in [-0.1, -0.05) is 42.5 Å². The molecule has 2 rings (SSSR count). The third-order valence-electron chi connectivity index (χ3n) is 3.33. The zero-order chi connectivity index (χ0) is 13.6. The quantitative estimate of drug-likeness (QED) is 0.608. The van der Waals surface area contributed by atoms with E-state index >= 15 is 0 Å². The van der Waals surface area contributed by atoms with Gasteiger partial charge in [0.15, 0.2) is 8.32 Å². The number of hydrogen-bond acceptors (Lipinski definition) is 2. The molecule has 0 fully saturated rings. The van der Waals surface area contributed by atoms with Crippen LogP contribution in [0.1, 0.15) is 18.4 Å². The Hall–Kier alpha value is -0.903. The maximum absolute atomic E-state index is 6.28. The molecule has 19 heavy (non-hydrogen) atoms. The van der Waals surface area contributed by atoms with Gasteiger partial charge < -0.3 is 9.16 Å². The molecule has 0 saturated heterocycles. The molecule has 0 aromatic heterocycles. The summed E-state index contributed by atoms with van der Waals surface area (Å²) in [6.45, 7) is 5.96. The van der Waals surface area contributed by atoms with Crippen LogP contribution in [0.25, 0.3) is 0 Å². The van der Waals surface area contributed by atoms with Crippen molar-refractivity contribution in [2.24, 2.45) is 0 Å². The van der Waals surface area contributed by atoms with Crippen molar-refractivity contribution in [1.82, 2.24) is 0 Å². The van der Waals surface area contributed by atoms with E-state index in [0.29, 0.717) is 13.2 Å². The Labute approximate surface area is 117 Å². The van der Waals surface area contributed by atoms with Gasteiger partial charge in [0.2, 0.25) is 0 Å². The van der Waals surface area contributed by atoms with E-state index in [2.05, 4.69) is 37.4 Å². The van der Waals surface area contributed by atoms with Crippen molar-refractivity contribution in [3.63, 3.8) is 0 Å². The van der Waals surface area contributed by atoms with Gasteiger partial charge in [-0.2, -0.15) is 0 Å². The molecule has 0 bridgehead atoms. The zero-order valence-corrected chi connectivity index (χ0v) is 13.0. The summed E-state index contributed by atoms with van der Waals surface area (Å²) in [5, 5.41) is 0. The van der Waals surface area contributed by atoms with E-state index < -0.39 is 8.32 Å². The lowest BCUT2D eigenvalue weighted by atomic mass is 10.2. The summed E-state index contributed by atoms with van der Waals surface area (Å²) >= 11 is 0. The number of ether oxygens (including phenoxy) is 1. The summed E-state index contributed by atoms with van der Waals surface area (Å²) < 4.78 is 12.1. The van der Waals surface area contributed by atoms with E-state index in [1.165, 1.54) is 5.56 Å². The molecule has 1 aromatic carbocycles. The molecule has 1 heterocycles. The lowest BCUT2D eigenvalue weighted by molar-refractivity contribution is 0.0333. The smallest absolute Gasteiger partial charge is 0.190 e. The van der Waals surface area contributed by atoms with Crippen molar-refractivity contribution in [2.45, 2.75) is 44.7 Å². The number of rotatable bonds is 4. The van der Waals surface area contributed by atoms with Gasteiger partial charge in [-0.15, -0.1) is 0 Å². The fraction of sp³-hybridized carbons (Fsp3) is 0.500. The molecule has 0 amide bonds. The summed E-state index contributed by atoms with van der Waals surface area (Å²) in [7, 11) is -1.53. The number of benzene rings is 1. The lowest BCUT2D eigenvalue weighted by Gasteiger charge is -2.30. The summed E-state index contributed by atoms with van der Waals surface area (Å²) in [6, 6.07) is 11.4. The first-order chi connectivity index (χ1) is 9.16. The molecule has 0 N–H and O–H groups in total. The fourth-order valence-electron chi connectivity index (χ4n) is 2.33. The van der Waals surface area contributed by atoms with Crippen LogP contribution in [-0.2, 0) is 15.8 Å². The van der Waals surface area contributed by atoms with Crippen LogP contribution >= 0.6 is 0 Å². The highest BCUT2D eigenvalue weighted by Gasteiger charge is 2.26. The van der Waals surface area contributed by atoms with Gasteiger partial charge >= 0.3 is 0 Å². The Kier molecular flexibility index (Phi) is 5.37. The van der Waals surface area contributed by atoms with Gasteiger partial charge in [0.05, 0.1) is 19.3 Å². The molecule has 0 aliphatic carbocycles. The van der Waals surface area contributed by atoms with Gasteiger partial charge in [0.1, 0.15) is 0 Å². The molecule has 1 aliphatic rings. The first kappa shape index (κ1) is 14.5. The average Bonchev–Trinajstić information content (AvgIpc) is 2.36. The number of allylic oxidation sites excluding steroid dienone is 2. The first-order valence-corrected chi connectivity index (χ1v) is 10.2. The number of hydrogen-bond donors (Lipinski definition) is 0. The van der Waals surface area contributed by atoms with Crippen LogP contribution in [0.15, 0.2) is 42.5 Å². The monoisotopic (exact) mass is 276 g/mol. The molecule has 1 aliphatic heterocycles. The van der Waals surface area contributed by atoms with Crippen LogP contribution in [0.2, 0.25) is 19.1 Å². The topological polar surface area (TPSA) is 18.5 Å². The van der Waals surface area contributed by atoms with E-state index in [0.717, 1.165) is 18.9 Å². The van der Waals surface area contributed by atoms with Crippen molar-refractivity contribution in [2.75, 3.05) is 6.61 Å². The van der Waals surface area contributed by atoms with E-state index in [-0.39, 0.29) is 6.10 Å². The predicted octanol–water partition coefficient (Wildman–Crippen LogP) is 4.14. The Morgan fingerprint density at radius 3 is 2.79 bits per heavy atom. The highest BCUT2D eigenvalue weighted by Crippen LogP contribution is 2.20. The second kappa shape index (κ2) is 7.03. The van der Waals surface area contributed by atoms with E-state index in [1.54, 1.807) is 0 Å². The highest BCUT2D eigenvalue weighted by atomic mass is 28.4. The molecule has 3 heteroatoms. The van der Waals surface area contributed by atoms with Gasteiger partial charge in [-0.05, 0) is 37.5 Å². The van der Waals surface area contributed by atoms with Crippen molar-refractivity contribution >= 4 is 8.32 Å². The standard InChI is InChI=1S/C16H24O2Si/c1-19(2)12-8-4-7-11-16(18-19)14-17-13-15-9-5-3-6-10-15/h3-6,8-10,16H,7,11-14H2,1-2H3/b8-4-. The highest BCUT2D eigenvalue weighted by molar-refractivity contribution is 6.71. The molecule has 1 aromatic rings. The molecule has 104 valence electrons. The van der Waals surface area contributed by atoms with E-state index in [4.69, 9.17) is 9.16 Å². The minimum Gasteiger partial charge on any atom is -0.412 e. The lowest BCUT2D eigenvalue weighted by Crippen LogP contribution is -2.37. The van der Waals surface area contributed by atoms with Gasteiger partial charge in [0.25, 0.3) is 0 Å². The van der Waals surface area contributed by atoms with Gasteiger partial charge in [0, 0.05) is 0 Å². The second-order valence-corrected chi connectivity index (χ2v) is 9.92. The molecule has 1 atom stereocenters. The summed E-state index contributed by atoms with van der Waals surface area (Å²) in [6.07, 6.45) is 7.01. The summed E-state index contributed by atoms with van der Waals surface area (Å²) in [5.41, 5.74) is 1.23. The Morgan fingerprint density at radius 1 is 1.21 bits per heavy atom. The molecular formula is C16H24O2Si. The Bertz CT molecular complexity index is 400. The van der Waals surface area contributed by atoms with Crippen LogP contribution in [0.5, 0.6) is 0 Å². The largest absolute Gasteiger partial charge is 0.412 e. The molecule has 2 nitrogen and oxygen atoms in total. The van der Waals surface area contributed by atoms with Crippen LogP contribution in [0, 0.1) is 0 Å². The molecular weight excluding hydrogens is 252 g/mol. The molecule has 0 radical (unpaired) electrons. The molecule has 0 spiro atoms. The Morgan fingerprint density at radius 2 is 2.00 bits per heavy atom. The average molecular weight is 276 g/mol. The maximum Gasteiger partial charge on any atom is 0.190 e. The van der Waals surface area contributed by atoms with E-state index in [9.17, 15) is 0 Å². The summed E-state index contributed by atoms with van der Waals surface area (Å²) in [4.78, 5) is 0. The first-order valence-electron chi connectivity index (χ1n) is 7.10. The van der Waals surface area contributed by atoms with Gasteiger partial charge in [-0.3, -0.25) is 0 Å². The minimum absolute atomic E-state index is 0.260. The summed E-state index contributed by atoms with van der Waals surface area (Å²) in [5.74, 6) is 0. The Balaban J connectivity index is 1.79. The molecule has 1 unspecified atom stereocenters. The normalized spacial score (nSPS) is 24.4. The van der Waals surface area contributed by atoms with Crippen LogP contribution in [0.4, 0.5) is 0 Å². The third kappa shape index (κ3) is 5.31. The van der Waals surface area contributed by atoms with Crippen molar-refractivity contribution in [3.8, 4) is 0 Å². The van der Waals surface area contributed by atoms with Crippen LogP contribution in [-0.4, -0.2) is 21.0 Å². The van der Waals surface area contributed by atoms with E-state index in [1.807, 2.05) is 18.2 Å². The third-order valence-corrected chi connectivity index (χ3v) is 5.52. The van der Waals surface area contributed by atoms with Crippen LogP contribution in [0.3, 0.4) is 0 Å². The minimum atomic E-state index is -1.53. The van der Waals surface area contributed by atoms with Crippen molar-refractivity contribution in [1.29, 1.82) is 0 Å². The predicted molar refractivity (Wildman–Crippen MR) is 81.6 cm³/mol. The van der Waals surface area contributed by atoms with Crippen LogP contribution < -0.4 is 0 Å². The van der Waals surface area contributed by atoms with Crippen molar-refractivity contribution < 1.29 is 9.16 Å². The fourth-order valence-corrected chi connectivity index (χ4v) is 4.24. The maximum atomic E-state index is 6.28.